The maximum atomic E-state index is 13.4. The Morgan fingerprint density at radius 3 is 2.20 bits per heavy atom. The number of anilines is 2. The lowest BCUT2D eigenvalue weighted by molar-refractivity contribution is -0.115. The van der Waals surface area contributed by atoms with Gasteiger partial charge in [0, 0.05) is 21.8 Å². The number of rotatable bonds is 9. The summed E-state index contributed by atoms with van der Waals surface area (Å²) in [4.78, 5) is 39.5. The predicted molar refractivity (Wildman–Crippen MR) is 163 cm³/mol. The van der Waals surface area contributed by atoms with Crippen LogP contribution in [0.2, 0.25) is 5.02 Å². The molecule has 3 amide bonds. The van der Waals surface area contributed by atoms with Crippen molar-refractivity contribution in [3.8, 4) is 0 Å². The maximum Gasteiger partial charge on any atom is 0.272 e. The zero-order valence-electron chi connectivity index (χ0n) is 22.3. The summed E-state index contributed by atoms with van der Waals surface area (Å²) in [6.45, 7) is 3.67. The molecule has 0 bridgehead atoms. The fourth-order valence-electron chi connectivity index (χ4n) is 3.74. The zero-order chi connectivity index (χ0) is 29.4. The fraction of sp³-hybridized carbons (Fsp3) is 0.0938. The van der Waals surface area contributed by atoms with E-state index >= 15 is 0 Å². The zero-order valence-corrected chi connectivity index (χ0v) is 23.9. The smallest absolute Gasteiger partial charge is 0.272 e. The molecule has 1 atom stereocenters. The van der Waals surface area contributed by atoms with Crippen molar-refractivity contribution in [3.63, 3.8) is 0 Å². The molecule has 0 spiro atoms. The lowest BCUT2D eigenvalue weighted by Crippen LogP contribution is -2.30. The van der Waals surface area contributed by atoms with Crippen LogP contribution in [0, 0.1) is 12.7 Å². The first-order valence-electron chi connectivity index (χ1n) is 12.7. The van der Waals surface area contributed by atoms with Gasteiger partial charge in [-0.05, 0) is 85.6 Å². The van der Waals surface area contributed by atoms with E-state index < -0.39 is 22.9 Å². The number of nitrogens with one attached hydrogen (secondary N) is 3. The van der Waals surface area contributed by atoms with Crippen LogP contribution in [-0.2, 0) is 9.59 Å². The largest absolute Gasteiger partial charge is 0.325 e. The van der Waals surface area contributed by atoms with Crippen LogP contribution in [0.1, 0.15) is 28.4 Å². The summed E-state index contributed by atoms with van der Waals surface area (Å²) in [6, 6.07) is 27.2. The highest BCUT2D eigenvalue weighted by Crippen LogP contribution is 2.27. The van der Waals surface area contributed by atoms with Crippen molar-refractivity contribution in [2.45, 2.75) is 24.0 Å². The lowest BCUT2D eigenvalue weighted by atomic mass is 10.1. The molecule has 6 nitrogen and oxygen atoms in total. The number of halogens is 2. The van der Waals surface area contributed by atoms with E-state index in [1.54, 1.807) is 61.5 Å². The quantitative estimate of drug-likeness (QED) is 0.141. The van der Waals surface area contributed by atoms with E-state index in [0.29, 0.717) is 16.9 Å². The molecule has 0 radical (unpaired) electrons. The summed E-state index contributed by atoms with van der Waals surface area (Å²) in [5, 5.41) is 7.76. The van der Waals surface area contributed by atoms with Gasteiger partial charge in [-0.15, -0.1) is 11.8 Å². The molecule has 41 heavy (non-hydrogen) atoms. The van der Waals surface area contributed by atoms with Crippen LogP contribution in [0.15, 0.2) is 108 Å². The number of hydrogen-bond donors (Lipinski definition) is 3. The number of carbonyl (C=O) groups is 3. The summed E-state index contributed by atoms with van der Waals surface area (Å²) in [6.07, 6.45) is 1.64. The molecule has 0 fully saturated rings. The van der Waals surface area contributed by atoms with E-state index in [1.165, 1.54) is 30.0 Å². The summed E-state index contributed by atoms with van der Waals surface area (Å²) >= 11 is 7.11. The van der Waals surface area contributed by atoms with Gasteiger partial charge in [-0.2, -0.15) is 0 Å². The molecule has 0 aliphatic heterocycles. The SMILES string of the molecule is Cc1ccccc1/C=C(\NC(=O)c1ccccc1)C(=O)Nc1ccc(SC(C)C(=O)Nc2ccc(F)c(Cl)c2)cc1. The van der Waals surface area contributed by atoms with Gasteiger partial charge in [0.25, 0.3) is 11.8 Å². The maximum absolute atomic E-state index is 13.4. The summed E-state index contributed by atoms with van der Waals surface area (Å²) in [7, 11) is 0. The Labute approximate surface area is 247 Å². The third kappa shape index (κ3) is 8.30. The Morgan fingerprint density at radius 1 is 0.854 bits per heavy atom. The molecule has 0 heterocycles. The summed E-state index contributed by atoms with van der Waals surface area (Å²) < 4.78 is 13.4. The number of hydrogen-bond acceptors (Lipinski definition) is 4. The Kier molecular flexibility index (Phi) is 9.95. The third-order valence-corrected chi connectivity index (χ3v) is 7.40. The van der Waals surface area contributed by atoms with Gasteiger partial charge in [0.05, 0.1) is 10.3 Å². The molecule has 0 aromatic heterocycles. The minimum atomic E-state index is -0.560. The van der Waals surface area contributed by atoms with Crippen LogP contribution < -0.4 is 16.0 Å². The minimum Gasteiger partial charge on any atom is -0.325 e. The van der Waals surface area contributed by atoms with Crippen LogP contribution in [0.3, 0.4) is 0 Å². The normalized spacial score (nSPS) is 11.9. The van der Waals surface area contributed by atoms with E-state index in [-0.39, 0.29) is 16.6 Å². The number of thioether (sulfide) groups is 1. The van der Waals surface area contributed by atoms with Gasteiger partial charge in [-0.1, -0.05) is 54.1 Å². The first-order chi connectivity index (χ1) is 19.7. The van der Waals surface area contributed by atoms with E-state index in [4.69, 9.17) is 11.6 Å². The molecule has 3 N–H and O–H groups in total. The third-order valence-electron chi connectivity index (χ3n) is 6.00. The molecule has 0 saturated carbocycles. The van der Waals surface area contributed by atoms with E-state index in [2.05, 4.69) is 16.0 Å². The number of carbonyl (C=O) groups excluding carboxylic acids is 3. The van der Waals surface area contributed by atoms with Crippen molar-refractivity contribution in [3.05, 3.63) is 130 Å². The van der Waals surface area contributed by atoms with Crippen LogP contribution >= 0.6 is 23.4 Å². The highest BCUT2D eigenvalue weighted by atomic mass is 35.5. The minimum absolute atomic E-state index is 0.0720. The predicted octanol–water partition coefficient (Wildman–Crippen LogP) is 7.32. The second-order valence-electron chi connectivity index (χ2n) is 9.09. The molecular weight excluding hydrogens is 561 g/mol. The van der Waals surface area contributed by atoms with Crippen molar-refractivity contribution < 1.29 is 18.8 Å². The second kappa shape index (κ2) is 13.8. The standard InChI is InChI=1S/C32H27ClFN3O3S/c1-20-8-6-7-11-23(20)18-29(37-31(39)22-9-4-3-5-10-22)32(40)35-24-12-15-26(16-13-24)41-21(2)30(38)36-25-14-17-28(34)27(33)19-25/h3-19,21H,1-2H3,(H,35,40)(H,36,38)(H,37,39)/b29-18-. The first-order valence-corrected chi connectivity index (χ1v) is 13.9. The van der Waals surface area contributed by atoms with Crippen LogP contribution in [0.25, 0.3) is 6.08 Å². The molecule has 4 aromatic carbocycles. The van der Waals surface area contributed by atoms with Gasteiger partial charge < -0.3 is 16.0 Å². The molecule has 1 unspecified atom stereocenters. The summed E-state index contributed by atoms with van der Waals surface area (Å²) in [5.74, 6) is -1.71. The van der Waals surface area contributed by atoms with Gasteiger partial charge in [0.15, 0.2) is 0 Å². The fourth-order valence-corrected chi connectivity index (χ4v) is 4.79. The van der Waals surface area contributed by atoms with Crippen molar-refractivity contribution in [1.82, 2.24) is 5.32 Å². The average Bonchev–Trinajstić information content (AvgIpc) is 2.97. The molecule has 0 aliphatic carbocycles. The lowest BCUT2D eigenvalue weighted by Gasteiger charge is -2.14. The van der Waals surface area contributed by atoms with Gasteiger partial charge in [-0.3, -0.25) is 14.4 Å². The Bertz CT molecular complexity index is 1590. The monoisotopic (exact) mass is 587 g/mol. The molecule has 0 saturated heterocycles. The molecular formula is C32H27ClFN3O3S. The van der Waals surface area contributed by atoms with E-state index in [1.807, 2.05) is 37.3 Å². The molecule has 4 aromatic rings. The number of benzene rings is 4. The van der Waals surface area contributed by atoms with Crippen LogP contribution in [0.4, 0.5) is 15.8 Å². The Morgan fingerprint density at radius 2 is 1.51 bits per heavy atom. The van der Waals surface area contributed by atoms with E-state index in [0.717, 1.165) is 16.0 Å². The highest BCUT2D eigenvalue weighted by molar-refractivity contribution is 8.00. The number of aryl methyl sites for hydroxylation is 1. The van der Waals surface area contributed by atoms with Crippen molar-refractivity contribution in [2.24, 2.45) is 0 Å². The second-order valence-corrected chi connectivity index (χ2v) is 10.9. The van der Waals surface area contributed by atoms with Gasteiger partial charge in [0.2, 0.25) is 5.91 Å². The van der Waals surface area contributed by atoms with E-state index in [9.17, 15) is 18.8 Å². The molecule has 208 valence electrons. The summed E-state index contributed by atoms with van der Waals surface area (Å²) in [5.41, 5.74) is 3.19. The first kappa shape index (κ1) is 29.6. The molecule has 0 aliphatic rings. The Hall–Kier alpha value is -4.40. The van der Waals surface area contributed by atoms with Crippen molar-refractivity contribution in [1.29, 1.82) is 0 Å². The topological polar surface area (TPSA) is 87.3 Å². The van der Waals surface area contributed by atoms with Crippen molar-refractivity contribution in [2.75, 3.05) is 10.6 Å². The highest BCUT2D eigenvalue weighted by Gasteiger charge is 2.17. The van der Waals surface area contributed by atoms with Crippen LogP contribution in [0.5, 0.6) is 0 Å². The van der Waals surface area contributed by atoms with Crippen LogP contribution in [-0.4, -0.2) is 23.0 Å². The van der Waals surface area contributed by atoms with Gasteiger partial charge in [-0.25, -0.2) is 4.39 Å². The average molecular weight is 588 g/mol. The molecule has 4 rings (SSSR count). The Balaban J connectivity index is 1.43. The molecule has 9 heteroatoms. The number of amides is 3. The van der Waals surface area contributed by atoms with Gasteiger partial charge >= 0.3 is 0 Å². The van der Waals surface area contributed by atoms with Gasteiger partial charge in [0.1, 0.15) is 11.5 Å². The van der Waals surface area contributed by atoms with Crippen molar-refractivity contribution >= 4 is 58.5 Å².